The largest absolute Gasteiger partial charge is 0.487 e. The third kappa shape index (κ3) is 1.85. The number of aromatic amines is 1. The molecule has 0 atom stereocenters. The first kappa shape index (κ1) is 13.6. The SMILES string of the molecule is COc1scc(C)c1-c1nc2cc3c(cc2[nH]1)NCC3(C)C. The molecule has 0 saturated carbocycles. The van der Waals surface area contributed by atoms with E-state index < -0.39 is 0 Å². The van der Waals surface area contributed by atoms with E-state index in [1.807, 2.05) is 0 Å². The van der Waals surface area contributed by atoms with Crippen LogP contribution in [-0.4, -0.2) is 23.6 Å². The van der Waals surface area contributed by atoms with Crippen LogP contribution in [-0.2, 0) is 5.41 Å². The Bertz CT molecular complexity index is 876. The summed E-state index contributed by atoms with van der Waals surface area (Å²) < 4.78 is 5.48. The average molecular weight is 313 g/mol. The second-order valence-corrected chi connectivity index (χ2v) is 7.37. The molecule has 4 nitrogen and oxygen atoms in total. The molecular formula is C17H19N3OS. The van der Waals surface area contributed by atoms with E-state index in [1.54, 1.807) is 18.4 Å². The van der Waals surface area contributed by atoms with E-state index in [9.17, 15) is 0 Å². The van der Waals surface area contributed by atoms with Crippen molar-refractivity contribution in [1.29, 1.82) is 0 Å². The summed E-state index contributed by atoms with van der Waals surface area (Å²) in [6, 6.07) is 4.38. The Kier molecular flexibility index (Phi) is 2.78. The molecule has 0 aliphatic carbocycles. The van der Waals surface area contributed by atoms with Gasteiger partial charge in [-0.2, -0.15) is 0 Å². The number of fused-ring (bicyclic) bond motifs is 2. The number of nitrogens with zero attached hydrogens (tertiary/aromatic N) is 1. The van der Waals surface area contributed by atoms with E-state index in [0.29, 0.717) is 0 Å². The van der Waals surface area contributed by atoms with Crippen LogP contribution in [0.4, 0.5) is 5.69 Å². The van der Waals surface area contributed by atoms with Gasteiger partial charge >= 0.3 is 0 Å². The van der Waals surface area contributed by atoms with Crippen LogP contribution in [0.15, 0.2) is 17.5 Å². The molecule has 2 aromatic heterocycles. The van der Waals surface area contributed by atoms with Gasteiger partial charge in [-0.15, -0.1) is 11.3 Å². The molecule has 2 N–H and O–H groups in total. The van der Waals surface area contributed by atoms with Gasteiger partial charge in [0.05, 0.1) is 23.7 Å². The quantitative estimate of drug-likeness (QED) is 0.741. The molecule has 3 aromatic rings. The molecule has 1 aliphatic rings. The summed E-state index contributed by atoms with van der Waals surface area (Å²) in [6.45, 7) is 7.58. The molecule has 0 saturated heterocycles. The van der Waals surface area contributed by atoms with E-state index in [2.05, 4.69) is 48.6 Å². The van der Waals surface area contributed by atoms with Crippen molar-refractivity contribution in [1.82, 2.24) is 9.97 Å². The van der Waals surface area contributed by atoms with Gasteiger partial charge in [0, 0.05) is 17.6 Å². The molecule has 0 unspecified atom stereocenters. The van der Waals surface area contributed by atoms with Gasteiger partial charge in [-0.05, 0) is 35.6 Å². The number of hydrogen-bond donors (Lipinski definition) is 2. The molecule has 22 heavy (non-hydrogen) atoms. The Morgan fingerprint density at radius 2 is 2.14 bits per heavy atom. The zero-order chi connectivity index (χ0) is 15.5. The second kappa shape index (κ2) is 4.49. The highest BCUT2D eigenvalue weighted by atomic mass is 32.1. The molecule has 0 spiro atoms. The Hall–Kier alpha value is -2.01. The standard InChI is InChI=1S/C17H19N3OS/c1-9-7-22-16(21-4)14(9)15-19-12-5-10-11(6-13(12)20-15)18-8-17(10,2)3/h5-7,18H,8H2,1-4H3,(H,19,20). The van der Waals surface area contributed by atoms with Crippen molar-refractivity contribution in [3.8, 4) is 16.5 Å². The topological polar surface area (TPSA) is 49.9 Å². The number of benzene rings is 1. The first-order chi connectivity index (χ1) is 10.5. The number of aryl methyl sites for hydroxylation is 1. The average Bonchev–Trinajstić information content (AvgIpc) is 3.13. The number of methoxy groups -OCH3 is 1. The lowest BCUT2D eigenvalue weighted by Crippen LogP contribution is -2.18. The van der Waals surface area contributed by atoms with Crippen molar-refractivity contribution in [2.75, 3.05) is 19.0 Å². The summed E-state index contributed by atoms with van der Waals surface area (Å²) in [5.41, 5.74) is 7.03. The van der Waals surface area contributed by atoms with Gasteiger partial charge < -0.3 is 15.0 Å². The maximum atomic E-state index is 5.48. The molecule has 1 aromatic carbocycles. The van der Waals surface area contributed by atoms with Crippen LogP contribution in [0.25, 0.3) is 22.4 Å². The summed E-state index contributed by atoms with van der Waals surface area (Å²) in [7, 11) is 1.71. The lowest BCUT2D eigenvalue weighted by molar-refractivity contribution is 0.428. The van der Waals surface area contributed by atoms with Crippen LogP contribution in [0.3, 0.4) is 0 Å². The highest BCUT2D eigenvalue weighted by Gasteiger charge is 2.30. The van der Waals surface area contributed by atoms with Crippen LogP contribution in [0.2, 0.25) is 0 Å². The first-order valence-corrected chi connectivity index (χ1v) is 8.28. The lowest BCUT2D eigenvalue weighted by Gasteiger charge is -2.16. The van der Waals surface area contributed by atoms with Crippen molar-refractivity contribution in [2.45, 2.75) is 26.2 Å². The summed E-state index contributed by atoms with van der Waals surface area (Å²) in [5, 5.41) is 6.50. The highest BCUT2D eigenvalue weighted by Crippen LogP contribution is 2.41. The van der Waals surface area contributed by atoms with Crippen LogP contribution >= 0.6 is 11.3 Å². The highest BCUT2D eigenvalue weighted by molar-refractivity contribution is 7.12. The molecule has 4 rings (SSSR count). The number of ether oxygens (including phenoxy) is 1. The molecule has 1 aliphatic heterocycles. The van der Waals surface area contributed by atoms with Crippen molar-refractivity contribution < 1.29 is 4.74 Å². The summed E-state index contributed by atoms with van der Waals surface area (Å²) >= 11 is 1.61. The van der Waals surface area contributed by atoms with Crippen molar-refractivity contribution >= 4 is 28.1 Å². The molecule has 0 amide bonds. The van der Waals surface area contributed by atoms with Gasteiger partial charge in [-0.3, -0.25) is 0 Å². The van der Waals surface area contributed by atoms with Crippen molar-refractivity contribution in [2.24, 2.45) is 0 Å². The number of rotatable bonds is 2. The Labute approximate surface area is 133 Å². The number of hydrogen-bond acceptors (Lipinski definition) is 4. The molecule has 0 radical (unpaired) electrons. The van der Waals surface area contributed by atoms with Crippen molar-refractivity contribution in [3.05, 3.63) is 28.6 Å². The predicted octanol–water partition coefficient (Wildman–Crippen LogP) is 4.31. The molecule has 114 valence electrons. The fourth-order valence-corrected chi connectivity index (χ4v) is 4.02. The Morgan fingerprint density at radius 1 is 1.32 bits per heavy atom. The molecule has 0 fully saturated rings. The third-order valence-corrected chi connectivity index (χ3v) is 5.49. The van der Waals surface area contributed by atoms with Gasteiger partial charge in [0.1, 0.15) is 5.82 Å². The zero-order valence-corrected chi connectivity index (χ0v) is 14.0. The molecule has 0 bridgehead atoms. The number of nitrogens with one attached hydrogen (secondary N) is 2. The minimum absolute atomic E-state index is 0.151. The predicted molar refractivity (Wildman–Crippen MR) is 92.2 cm³/mol. The second-order valence-electron chi connectivity index (χ2n) is 6.52. The van der Waals surface area contributed by atoms with Crippen LogP contribution in [0.1, 0.15) is 25.0 Å². The van der Waals surface area contributed by atoms with Gasteiger partial charge in [0.2, 0.25) is 0 Å². The summed E-state index contributed by atoms with van der Waals surface area (Å²) in [6.07, 6.45) is 0. The van der Waals surface area contributed by atoms with E-state index in [4.69, 9.17) is 9.72 Å². The number of anilines is 1. The Balaban J connectivity index is 1.91. The smallest absolute Gasteiger partial charge is 0.184 e. The fourth-order valence-electron chi connectivity index (χ4n) is 3.15. The third-order valence-electron chi connectivity index (χ3n) is 4.43. The van der Waals surface area contributed by atoms with Gasteiger partial charge in [0.25, 0.3) is 0 Å². The minimum Gasteiger partial charge on any atom is -0.487 e. The van der Waals surface area contributed by atoms with Crippen LogP contribution in [0, 0.1) is 6.92 Å². The van der Waals surface area contributed by atoms with E-state index in [1.165, 1.54) is 16.8 Å². The number of aromatic nitrogens is 2. The van der Waals surface area contributed by atoms with E-state index >= 15 is 0 Å². The number of imidazole rings is 1. The Morgan fingerprint density at radius 3 is 2.91 bits per heavy atom. The summed E-state index contributed by atoms with van der Waals surface area (Å²) in [4.78, 5) is 8.26. The van der Waals surface area contributed by atoms with Gasteiger partial charge in [0.15, 0.2) is 5.06 Å². The van der Waals surface area contributed by atoms with Gasteiger partial charge in [-0.25, -0.2) is 4.98 Å². The maximum absolute atomic E-state index is 5.48. The van der Waals surface area contributed by atoms with E-state index in [0.717, 1.165) is 34.0 Å². The maximum Gasteiger partial charge on any atom is 0.184 e. The number of H-pyrrole nitrogens is 1. The van der Waals surface area contributed by atoms with Crippen LogP contribution < -0.4 is 10.1 Å². The van der Waals surface area contributed by atoms with E-state index in [-0.39, 0.29) is 5.41 Å². The molecular weight excluding hydrogens is 294 g/mol. The van der Waals surface area contributed by atoms with Gasteiger partial charge in [-0.1, -0.05) is 13.8 Å². The monoisotopic (exact) mass is 313 g/mol. The summed E-state index contributed by atoms with van der Waals surface area (Å²) in [5.74, 6) is 0.882. The zero-order valence-electron chi connectivity index (χ0n) is 13.2. The van der Waals surface area contributed by atoms with Crippen LogP contribution in [0.5, 0.6) is 5.06 Å². The minimum atomic E-state index is 0.151. The first-order valence-electron chi connectivity index (χ1n) is 7.40. The van der Waals surface area contributed by atoms with Crippen molar-refractivity contribution in [3.63, 3.8) is 0 Å². The molecule has 3 heterocycles. The molecule has 5 heteroatoms. The number of thiophene rings is 1. The normalized spacial score (nSPS) is 15.8. The lowest BCUT2D eigenvalue weighted by atomic mass is 9.87. The fraction of sp³-hybridized carbons (Fsp3) is 0.353.